The zero-order chi connectivity index (χ0) is 18.0. The predicted octanol–water partition coefficient (Wildman–Crippen LogP) is 3.68. The molecule has 0 saturated heterocycles. The lowest BCUT2D eigenvalue weighted by molar-refractivity contribution is -0.384. The van der Waals surface area contributed by atoms with Gasteiger partial charge < -0.3 is 4.90 Å². The van der Waals surface area contributed by atoms with Gasteiger partial charge in [0.25, 0.3) is 5.69 Å². The molecule has 0 aliphatic heterocycles. The van der Waals surface area contributed by atoms with Crippen molar-refractivity contribution in [1.29, 1.82) is 0 Å². The summed E-state index contributed by atoms with van der Waals surface area (Å²) < 4.78 is 1.68. The minimum absolute atomic E-state index is 0.0220. The van der Waals surface area contributed by atoms with Crippen molar-refractivity contribution in [2.45, 2.75) is 19.9 Å². The SMILES string of the molecule is Cc1ccc(N(C)C(C)c2ccc(-n3cncn3)cc2)c([N+](=O)[O-])c1. The molecule has 0 N–H and O–H groups in total. The normalized spacial score (nSPS) is 12.0. The van der Waals surface area contributed by atoms with Crippen LogP contribution in [-0.2, 0) is 0 Å². The maximum atomic E-state index is 11.4. The van der Waals surface area contributed by atoms with Gasteiger partial charge in [-0.25, -0.2) is 9.67 Å². The van der Waals surface area contributed by atoms with E-state index in [0.29, 0.717) is 5.69 Å². The predicted molar refractivity (Wildman–Crippen MR) is 96.0 cm³/mol. The zero-order valence-corrected chi connectivity index (χ0v) is 14.3. The highest BCUT2D eigenvalue weighted by Gasteiger charge is 2.21. The second kappa shape index (κ2) is 6.72. The van der Waals surface area contributed by atoms with Crippen LogP contribution >= 0.6 is 0 Å². The molecule has 1 heterocycles. The number of hydrogen-bond donors (Lipinski definition) is 0. The van der Waals surface area contributed by atoms with Crippen molar-refractivity contribution in [2.24, 2.45) is 0 Å². The molecule has 2 aromatic carbocycles. The molecule has 7 heteroatoms. The number of benzene rings is 2. The molecule has 128 valence electrons. The van der Waals surface area contributed by atoms with E-state index in [0.717, 1.165) is 16.8 Å². The Hall–Kier alpha value is -3.22. The summed E-state index contributed by atoms with van der Waals surface area (Å²) in [6.07, 6.45) is 3.13. The highest BCUT2D eigenvalue weighted by molar-refractivity contribution is 5.64. The van der Waals surface area contributed by atoms with Gasteiger partial charge in [0.05, 0.1) is 16.7 Å². The van der Waals surface area contributed by atoms with Crippen molar-refractivity contribution in [2.75, 3.05) is 11.9 Å². The van der Waals surface area contributed by atoms with E-state index in [4.69, 9.17) is 0 Å². The number of hydrogen-bond acceptors (Lipinski definition) is 5. The number of anilines is 1. The first kappa shape index (κ1) is 16.6. The lowest BCUT2D eigenvalue weighted by atomic mass is 10.1. The summed E-state index contributed by atoms with van der Waals surface area (Å²) in [4.78, 5) is 16.9. The first-order valence-electron chi connectivity index (χ1n) is 7.90. The lowest BCUT2D eigenvalue weighted by Crippen LogP contribution is -2.22. The van der Waals surface area contributed by atoms with Crippen LogP contribution in [0.25, 0.3) is 5.69 Å². The fraction of sp³-hybridized carbons (Fsp3) is 0.222. The molecule has 25 heavy (non-hydrogen) atoms. The number of nitro benzene ring substituents is 1. The molecule has 3 rings (SSSR count). The van der Waals surface area contributed by atoms with Crippen molar-refractivity contribution in [3.8, 4) is 5.69 Å². The molecule has 0 bridgehead atoms. The Morgan fingerprint density at radius 1 is 1.20 bits per heavy atom. The fourth-order valence-corrected chi connectivity index (χ4v) is 2.76. The fourth-order valence-electron chi connectivity index (χ4n) is 2.76. The van der Waals surface area contributed by atoms with Gasteiger partial charge in [-0.15, -0.1) is 0 Å². The monoisotopic (exact) mass is 337 g/mol. The third-order valence-electron chi connectivity index (χ3n) is 4.35. The second-order valence-corrected chi connectivity index (χ2v) is 5.97. The zero-order valence-electron chi connectivity index (χ0n) is 14.3. The third-order valence-corrected chi connectivity index (χ3v) is 4.35. The van der Waals surface area contributed by atoms with Gasteiger partial charge in [-0.3, -0.25) is 10.1 Å². The minimum atomic E-state index is -0.334. The molecule has 0 radical (unpaired) electrons. The molecule has 1 aromatic heterocycles. The highest BCUT2D eigenvalue weighted by atomic mass is 16.6. The van der Waals surface area contributed by atoms with Crippen LogP contribution in [0.2, 0.25) is 0 Å². The summed E-state index contributed by atoms with van der Waals surface area (Å²) in [5.41, 5.74) is 3.56. The number of nitrogens with zero attached hydrogens (tertiary/aromatic N) is 5. The Bertz CT molecular complexity index is 875. The quantitative estimate of drug-likeness (QED) is 0.524. The molecule has 0 aliphatic carbocycles. The summed E-state index contributed by atoms with van der Waals surface area (Å²) in [7, 11) is 1.87. The number of aromatic nitrogens is 3. The third kappa shape index (κ3) is 3.35. The maximum absolute atomic E-state index is 11.4. The molecular weight excluding hydrogens is 318 g/mol. The highest BCUT2D eigenvalue weighted by Crippen LogP contribution is 2.33. The standard InChI is InChI=1S/C18H19N5O2/c1-13-4-9-17(18(10-13)23(24)25)21(3)14(2)15-5-7-16(8-6-15)22-12-19-11-20-22/h4-12,14H,1-3H3. The maximum Gasteiger partial charge on any atom is 0.292 e. The minimum Gasteiger partial charge on any atom is -0.362 e. The first-order chi connectivity index (χ1) is 12.0. The van der Waals surface area contributed by atoms with E-state index in [9.17, 15) is 10.1 Å². The van der Waals surface area contributed by atoms with Crippen molar-refractivity contribution < 1.29 is 4.92 Å². The van der Waals surface area contributed by atoms with E-state index < -0.39 is 0 Å². The Labute approximate surface area is 145 Å². The average Bonchev–Trinajstić information content (AvgIpc) is 3.15. The average molecular weight is 337 g/mol. The van der Waals surface area contributed by atoms with Crippen LogP contribution in [0.1, 0.15) is 24.1 Å². The molecular formula is C18H19N5O2. The summed E-state index contributed by atoms with van der Waals surface area (Å²) >= 11 is 0. The summed E-state index contributed by atoms with van der Waals surface area (Å²) in [5.74, 6) is 0. The van der Waals surface area contributed by atoms with Gasteiger partial charge in [-0.05, 0) is 43.2 Å². The lowest BCUT2D eigenvalue weighted by Gasteiger charge is -2.27. The molecule has 3 aromatic rings. The molecule has 0 amide bonds. The Morgan fingerprint density at radius 3 is 2.52 bits per heavy atom. The van der Waals surface area contributed by atoms with Gasteiger partial charge in [0.15, 0.2) is 0 Å². The molecule has 1 unspecified atom stereocenters. The Kier molecular flexibility index (Phi) is 4.47. The van der Waals surface area contributed by atoms with Crippen LogP contribution in [0.3, 0.4) is 0 Å². The summed E-state index contributed by atoms with van der Waals surface area (Å²) in [6, 6.07) is 13.2. The number of rotatable bonds is 5. The summed E-state index contributed by atoms with van der Waals surface area (Å²) in [6.45, 7) is 3.87. The van der Waals surface area contributed by atoms with Gasteiger partial charge in [0.1, 0.15) is 18.3 Å². The first-order valence-corrected chi connectivity index (χ1v) is 7.90. The topological polar surface area (TPSA) is 77.1 Å². The second-order valence-electron chi connectivity index (χ2n) is 5.97. The van der Waals surface area contributed by atoms with Crippen LogP contribution in [0.5, 0.6) is 0 Å². The van der Waals surface area contributed by atoms with Crippen molar-refractivity contribution >= 4 is 11.4 Å². The Morgan fingerprint density at radius 2 is 1.92 bits per heavy atom. The molecule has 1 atom stereocenters. The van der Waals surface area contributed by atoms with Gasteiger partial charge in [-0.2, -0.15) is 5.10 Å². The van der Waals surface area contributed by atoms with Gasteiger partial charge in [0, 0.05) is 13.1 Å². The molecule has 0 aliphatic rings. The van der Waals surface area contributed by atoms with E-state index in [1.165, 1.54) is 6.33 Å². The molecule has 7 nitrogen and oxygen atoms in total. The van der Waals surface area contributed by atoms with E-state index in [-0.39, 0.29) is 16.7 Å². The smallest absolute Gasteiger partial charge is 0.292 e. The number of nitro groups is 1. The van der Waals surface area contributed by atoms with Crippen molar-refractivity contribution in [3.63, 3.8) is 0 Å². The molecule has 0 spiro atoms. The van der Waals surface area contributed by atoms with Crippen LogP contribution in [0, 0.1) is 17.0 Å². The van der Waals surface area contributed by atoms with Crippen molar-refractivity contribution in [1.82, 2.24) is 14.8 Å². The van der Waals surface area contributed by atoms with Crippen LogP contribution in [0.4, 0.5) is 11.4 Å². The van der Waals surface area contributed by atoms with Crippen LogP contribution in [0.15, 0.2) is 55.1 Å². The van der Waals surface area contributed by atoms with Gasteiger partial charge in [0.2, 0.25) is 0 Å². The summed E-state index contributed by atoms with van der Waals surface area (Å²) in [5, 5.41) is 15.5. The Balaban J connectivity index is 1.88. The van der Waals surface area contributed by atoms with Gasteiger partial charge >= 0.3 is 0 Å². The van der Waals surface area contributed by atoms with E-state index in [1.807, 2.05) is 56.1 Å². The molecule has 0 saturated carbocycles. The van der Waals surface area contributed by atoms with Crippen LogP contribution in [-0.4, -0.2) is 26.7 Å². The van der Waals surface area contributed by atoms with Crippen molar-refractivity contribution in [3.05, 3.63) is 76.4 Å². The number of aryl methyl sites for hydroxylation is 1. The molecule has 0 fully saturated rings. The van der Waals surface area contributed by atoms with Crippen LogP contribution < -0.4 is 4.90 Å². The van der Waals surface area contributed by atoms with E-state index in [1.54, 1.807) is 23.1 Å². The van der Waals surface area contributed by atoms with Gasteiger partial charge in [-0.1, -0.05) is 18.2 Å². The van der Waals surface area contributed by atoms with E-state index in [2.05, 4.69) is 10.1 Å². The van der Waals surface area contributed by atoms with E-state index >= 15 is 0 Å². The largest absolute Gasteiger partial charge is 0.362 e.